The lowest BCUT2D eigenvalue weighted by molar-refractivity contribution is 0.101. The van der Waals surface area contributed by atoms with Gasteiger partial charge in [-0.25, -0.2) is 4.98 Å². The van der Waals surface area contributed by atoms with Crippen LogP contribution in [0.15, 0.2) is 78.9 Å². The second-order valence-electron chi connectivity index (χ2n) is 8.18. The maximum Gasteiger partial charge on any atom is 0.267 e. The molecule has 3 N–H and O–H groups in total. The summed E-state index contributed by atoms with van der Waals surface area (Å²) in [5, 5.41) is 4.80. The molecule has 0 spiro atoms. The Labute approximate surface area is 221 Å². The van der Waals surface area contributed by atoms with E-state index in [0.717, 1.165) is 22.4 Å². The van der Waals surface area contributed by atoms with Crippen LogP contribution in [0.1, 0.15) is 27.0 Å². The summed E-state index contributed by atoms with van der Waals surface area (Å²) in [6.07, 6.45) is 0. The SMILES string of the molecule is CC(=O)c1cccc(NC(=O)c2sc3nc(-c4ccc(Cl)cc4)cc(-c4ccc(Cl)cc4)c3c2N)c1. The third kappa shape index (κ3) is 4.71. The monoisotopic (exact) mass is 531 g/mol. The van der Waals surface area contributed by atoms with Crippen molar-refractivity contribution in [2.45, 2.75) is 6.92 Å². The van der Waals surface area contributed by atoms with Crippen molar-refractivity contribution in [1.82, 2.24) is 4.98 Å². The number of nitrogens with one attached hydrogen (secondary N) is 1. The van der Waals surface area contributed by atoms with Crippen molar-refractivity contribution in [3.05, 3.63) is 99.3 Å². The molecule has 3 aromatic carbocycles. The summed E-state index contributed by atoms with van der Waals surface area (Å²) in [5.74, 6) is -0.453. The Kier molecular flexibility index (Phi) is 6.49. The number of ketones is 1. The number of Topliss-reactive ketones (excluding diaryl/α,β-unsaturated/α-hetero) is 1. The average molecular weight is 532 g/mol. The van der Waals surface area contributed by atoms with Gasteiger partial charge in [0.2, 0.25) is 0 Å². The second kappa shape index (κ2) is 9.74. The van der Waals surface area contributed by atoms with Crippen LogP contribution in [0, 0.1) is 0 Å². The third-order valence-corrected chi connectivity index (χ3v) is 7.33. The summed E-state index contributed by atoms with van der Waals surface area (Å²) >= 11 is 13.4. The molecule has 0 unspecified atom stereocenters. The van der Waals surface area contributed by atoms with Crippen LogP contribution in [0.5, 0.6) is 0 Å². The van der Waals surface area contributed by atoms with E-state index < -0.39 is 0 Å². The number of pyridine rings is 1. The number of hydrogen-bond acceptors (Lipinski definition) is 5. The van der Waals surface area contributed by atoms with Gasteiger partial charge in [-0.3, -0.25) is 9.59 Å². The van der Waals surface area contributed by atoms with Crippen LogP contribution in [-0.4, -0.2) is 16.7 Å². The second-order valence-corrected chi connectivity index (χ2v) is 10.1. The highest BCUT2D eigenvalue weighted by molar-refractivity contribution is 7.21. The Bertz CT molecular complexity index is 1630. The Hall–Kier alpha value is -3.71. The number of benzene rings is 3. The number of fused-ring (bicyclic) bond motifs is 1. The number of aromatic nitrogens is 1. The molecule has 0 radical (unpaired) electrons. The highest BCUT2D eigenvalue weighted by Crippen LogP contribution is 2.42. The standard InChI is InChI=1S/C28H19Cl2N3O2S/c1-15(34)18-3-2-4-21(13-18)32-27(35)26-25(31)24-22(16-5-9-19(29)10-6-16)14-23(33-28(24)36-26)17-7-11-20(30)12-8-17/h2-14H,31H2,1H3,(H,32,35). The minimum atomic E-state index is -0.369. The van der Waals surface area contributed by atoms with Crippen LogP contribution >= 0.6 is 34.5 Å². The minimum Gasteiger partial charge on any atom is -0.397 e. The van der Waals surface area contributed by atoms with Crippen molar-refractivity contribution in [1.29, 1.82) is 0 Å². The van der Waals surface area contributed by atoms with E-state index in [1.54, 1.807) is 24.3 Å². The Morgan fingerprint density at radius 3 is 2.17 bits per heavy atom. The molecule has 0 bridgehead atoms. The van der Waals surface area contributed by atoms with Crippen LogP contribution in [0.2, 0.25) is 10.0 Å². The molecular formula is C28H19Cl2N3O2S. The summed E-state index contributed by atoms with van der Waals surface area (Å²) in [7, 11) is 0. The van der Waals surface area contributed by atoms with E-state index in [0.29, 0.717) is 42.1 Å². The molecule has 0 aliphatic carbocycles. The molecule has 2 aromatic heterocycles. The maximum atomic E-state index is 13.2. The number of amides is 1. The lowest BCUT2D eigenvalue weighted by Crippen LogP contribution is -2.12. The molecule has 0 atom stereocenters. The van der Waals surface area contributed by atoms with Gasteiger partial charge in [0.15, 0.2) is 5.78 Å². The van der Waals surface area contributed by atoms with E-state index >= 15 is 0 Å². The van der Waals surface area contributed by atoms with E-state index in [1.165, 1.54) is 18.3 Å². The van der Waals surface area contributed by atoms with Gasteiger partial charge in [-0.05, 0) is 60.5 Å². The van der Waals surface area contributed by atoms with Gasteiger partial charge in [0.25, 0.3) is 5.91 Å². The van der Waals surface area contributed by atoms with Gasteiger partial charge in [-0.1, -0.05) is 59.6 Å². The first-order valence-electron chi connectivity index (χ1n) is 11.0. The largest absolute Gasteiger partial charge is 0.397 e. The van der Waals surface area contributed by atoms with Gasteiger partial charge in [0.05, 0.1) is 11.4 Å². The molecule has 5 rings (SSSR count). The summed E-state index contributed by atoms with van der Waals surface area (Å²) in [5.41, 5.74) is 11.3. The number of rotatable bonds is 5. The topological polar surface area (TPSA) is 85.1 Å². The fraction of sp³-hybridized carbons (Fsp3) is 0.0357. The van der Waals surface area contributed by atoms with Crippen molar-refractivity contribution < 1.29 is 9.59 Å². The van der Waals surface area contributed by atoms with Crippen LogP contribution in [0.4, 0.5) is 11.4 Å². The summed E-state index contributed by atoms with van der Waals surface area (Å²) in [6, 6.07) is 23.6. The number of nitrogen functional groups attached to an aromatic ring is 1. The normalized spacial score (nSPS) is 11.0. The van der Waals surface area contributed by atoms with Crippen molar-refractivity contribution in [3.8, 4) is 22.4 Å². The number of nitrogens with zero attached hydrogens (tertiary/aromatic N) is 1. The smallest absolute Gasteiger partial charge is 0.267 e. The number of carbonyl (C=O) groups is 2. The highest BCUT2D eigenvalue weighted by atomic mass is 35.5. The Balaban J connectivity index is 1.64. The fourth-order valence-electron chi connectivity index (χ4n) is 3.92. The molecule has 178 valence electrons. The Morgan fingerprint density at radius 2 is 1.53 bits per heavy atom. The summed E-state index contributed by atoms with van der Waals surface area (Å²) < 4.78 is 0. The lowest BCUT2D eigenvalue weighted by atomic mass is 9.99. The number of hydrogen-bond donors (Lipinski definition) is 2. The highest BCUT2D eigenvalue weighted by Gasteiger charge is 2.22. The lowest BCUT2D eigenvalue weighted by Gasteiger charge is -2.09. The van der Waals surface area contributed by atoms with Gasteiger partial charge in [-0.15, -0.1) is 11.3 Å². The van der Waals surface area contributed by atoms with E-state index in [4.69, 9.17) is 33.9 Å². The van der Waals surface area contributed by atoms with Gasteiger partial charge < -0.3 is 11.1 Å². The zero-order valence-electron chi connectivity index (χ0n) is 19.0. The fourth-order valence-corrected chi connectivity index (χ4v) is 5.19. The van der Waals surface area contributed by atoms with Crippen LogP contribution in [-0.2, 0) is 0 Å². The van der Waals surface area contributed by atoms with Gasteiger partial charge in [0, 0.05) is 32.2 Å². The predicted octanol–water partition coefficient (Wildman–Crippen LogP) is 7.97. The molecule has 36 heavy (non-hydrogen) atoms. The number of nitrogens with two attached hydrogens (primary N) is 1. The van der Waals surface area contributed by atoms with Gasteiger partial charge in [-0.2, -0.15) is 0 Å². The van der Waals surface area contributed by atoms with Crippen molar-refractivity contribution in [2.24, 2.45) is 0 Å². The first-order valence-corrected chi connectivity index (χ1v) is 12.5. The van der Waals surface area contributed by atoms with Gasteiger partial charge in [0.1, 0.15) is 9.71 Å². The van der Waals surface area contributed by atoms with Crippen molar-refractivity contribution >= 4 is 67.8 Å². The molecule has 5 aromatic rings. The average Bonchev–Trinajstić information content (AvgIpc) is 3.21. The van der Waals surface area contributed by atoms with E-state index in [1.807, 2.05) is 54.6 Å². The minimum absolute atomic E-state index is 0.0842. The van der Waals surface area contributed by atoms with Gasteiger partial charge >= 0.3 is 0 Å². The first kappa shape index (κ1) is 24.0. The maximum absolute atomic E-state index is 13.2. The number of halogens is 2. The molecule has 0 saturated carbocycles. The molecular weight excluding hydrogens is 513 g/mol. The summed E-state index contributed by atoms with van der Waals surface area (Å²) in [4.78, 5) is 30.8. The molecule has 0 fully saturated rings. The van der Waals surface area contributed by atoms with E-state index in [-0.39, 0.29) is 11.7 Å². The number of thiophene rings is 1. The molecule has 5 nitrogen and oxygen atoms in total. The van der Waals surface area contributed by atoms with E-state index in [9.17, 15) is 9.59 Å². The molecule has 8 heteroatoms. The number of carbonyl (C=O) groups excluding carboxylic acids is 2. The molecule has 2 heterocycles. The first-order chi connectivity index (χ1) is 17.3. The third-order valence-electron chi connectivity index (χ3n) is 5.73. The molecule has 0 aliphatic rings. The zero-order valence-corrected chi connectivity index (χ0v) is 21.3. The molecule has 0 aliphatic heterocycles. The number of anilines is 2. The quantitative estimate of drug-likeness (QED) is 0.225. The molecule has 1 amide bonds. The van der Waals surface area contributed by atoms with E-state index in [2.05, 4.69) is 5.32 Å². The van der Waals surface area contributed by atoms with Crippen LogP contribution < -0.4 is 11.1 Å². The van der Waals surface area contributed by atoms with Crippen LogP contribution in [0.3, 0.4) is 0 Å². The Morgan fingerprint density at radius 1 is 0.889 bits per heavy atom. The summed E-state index contributed by atoms with van der Waals surface area (Å²) in [6.45, 7) is 1.48. The van der Waals surface area contributed by atoms with Crippen LogP contribution in [0.25, 0.3) is 32.6 Å². The zero-order chi connectivity index (χ0) is 25.4. The molecule has 0 saturated heterocycles. The predicted molar refractivity (Wildman–Crippen MR) is 149 cm³/mol. The van der Waals surface area contributed by atoms with Crippen molar-refractivity contribution in [3.63, 3.8) is 0 Å². The van der Waals surface area contributed by atoms with Crippen molar-refractivity contribution in [2.75, 3.05) is 11.1 Å².